The first-order chi connectivity index (χ1) is 5.46. The van der Waals surface area contributed by atoms with E-state index in [2.05, 4.69) is 0 Å². The molecule has 0 radical (unpaired) electrons. The molecule has 1 N–H and O–H groups in total. The van der Waals surface area contributed by atoms with E-state index in [9.17, 15) is 5.11 Å². The Morgan fingerprint density at radius 2 is 0.846 bits per heavy atom. The summed E-state index contributed by atoms with van der Waals surface area (Å²) < 4.78 is 0. The van der Waals surface area contributed by atoms with Crippen LogP contribution in [-0.4, -0.2) is 34.7 Å². The molecule has 0 heterocycles. The standard InChI is InChI=1S/C6HCl5O.Na.H/c7-1-2(8)4(10)6(12)5(11)3(1)9;;/h12H;;. The number of hydrogen-bond donors (Lipinski definition) is 1. The Morgan fingerprint density at radius 3 is 1.15 bits per heavy atom. The van der Waals surface area contributed by atoms with Crippen molar-refractivity contribution in [3.8, 4) is 5.75 Å². The molecular weight excluding hydrogens is 288 g/mol. The Hall–Kier alpha value is 1.47. The second-order valence-electron chi connectivity index (χ2n) is 1.92. The molecule has 0 saturated carbocycles. The number of phenolic OH excluding ortho intramolecular Hbond substituents is 1. The van der Waals surface area contributed by atoms with Gasteiger partial charge >= 0.3 is 29.6 Å². The summed E-state index contributed by atoms with van der Waals surface area (Å²) in [5, 5.41) is 9.01. The molecule has 0 fully saturated rings. The Balaban J connectivity index is 0.00000144. The molecule has 0 aliphatic rings. The summed E-state index contributed by atoms with van der Waals surface area (Å²) in [6.45, 7) is 0. The second-order valence-corrected chi connectivity index (χ2v) is 3.81. The molecule has 13 heavy (non-hydrogen) atoms. The van der Waals surface area contributed by atoms with Gasteiger partial charge in [-0.1, -0.05) is 58.0 Å². The quantitative estimate of drug-likeness (QED) is 0.435. The molecule has 1 rings (SSSR count). The van der Waals surface area contributed by atoms with E-state index in [-0.39, 0.29) is 60.4 Å². The Labute approximate surface area is 122 Å². The molecule has 0 bridgehead atoms. The predicted octanol–water partition coefficient (Wildman–Crippen LogP) is 4.01. The molecule has 0 unspecified atom stereocenters. The van der Waals surface area contributed by atoms with E-state index in [1.54, 1.807) is 0 Å². The summed E-state index contributed by atoms with van der Waals surface area (Å²) in [5.74, 6) is -0.363. The van der Waals surface area contributed by atoms with Crippen molar-refractivity contribution in [3.63, 3.8) is 0 Å². The van der Waals surface area contributed by atoms with Gasteiger partial charge in [0.1, 0.15) is 10.0 Å². The van der Waals surface area contributed by atoms with Crippen LogP contribution in [0.2, 0.25) is 25.1 Å². The number of aromatic hydroxyl groups is 1. The van der Waals surface area contributed by atoms with Crippen molar-refractivity contribution < 1.29 is 5.11 Å². The molecule has 0 spiro atoms. The molecule has 0 aliphatic heterocycles. The summed E-state index contributed by atoms with van der Waals surface area (Å²) >= 11 is 27.9. The van der Waals surface area contributed by atoms with Crippen LogP contribution < -0.4 is 0 Å². The van der Waals surface area contributed by atoms with E-state index in [4.69, 9.17) is 58.0 Å². The molecule has 7 heteroatoms. The third kappa shape index (κ3) is 2.73. The fraction of sp³-hybridized carbons (Fsp3) is 0. The normalized spacial score (nSPS) is 9.62. The van der Waals surface area contributed by atoms with Crippen LogP contribution in [0.3, 0.4) is 0 Å². The van der Waals surface area contributed by atoms with Gasteiger partial charge in [-0.05, 0) is 0 Å². The topological polar surface area (TPSA) is 20.2 Å². The second kappa shape index (κ2) is 5.53. The fourth-order valence-electron chi connectivity index (χ4n) is 0.593. The van der Waals surface area contributed by atoms with Crippen LogP contribution in [0.5, 0.6) is 5.75 Å². The Morgan fingerprint density at radius 1 is 0.615 bits per heavy atom. The Kier molecular flexibility index (Phi) is 6.15. The average Bonchev–Trinajstić information content (AvgIpc) is 2.08. The van der Waals surface area contributed by atoms with E-state index in [1.807, 2.05) is 0 Å². The zero-order valence-electron chi connectivity index (χ0n) is 5.34. The van der Waals surface area contributed by atoms with Crippen molar-refractivity contribution in [2.24, 2.45) is 0 Å². The van der Waals surface area contributed by atoms with Gasteiger partial charge < -0.3 is 5.11 Å². The maximum atomic E-state index is 9.20. The van der Waals surface area contributed by atoms with Crippen LogP contribution in [0.4, 0.5) is 0 Å². The molecule has 0 saturated heterocycles. The third-order valence-corrected chi connectivity index (χ3v) is 3.44. The summed E-state index contributed by atoms with van der Waals surface area (Å²) in [6, 6.07) is 0. The van der Waals surface area contributed by atoms with Gasteiger partial charge in [0.25, 0.3) is 0 Å². The van der Waals surface area contributed by atoms with Crippen molar-refractivity contribution in [2.75, 3.05) is 0 Å². The van der Waals surface area contributed by atoms with Crippen LogP contribution in [0, 0.1) is 0 Å². The van der Waals surface area contributed by atoms with Crippen LogP contribution in [-0.2, 0) is 0 Å². The van der Waals surface area contributed by atoms with Gasteiger partial charge in [-0.25, -0.2) is 0 Å². The Bertz CT molecular complexity index is 235. The molecule has 0 aromatic heterocycles. The van der Waals surface area contributed by atoms with E-state index >= 15 is 0 Å². The van der Waals surface area contributed by atoms with Gasteiger partial charge in [-0.2, -0.15) is 0 Å². The van der Waals surface area contributed by atoms with Crippen molar-refractivity contribution in [2.45, 2.75) is 0 Å². The van der Waals surface area contributed by atoms with Crippen molar-refractivity contribution in [1.29, 1.82) is 0 Å². The van der Waals surface area contributed by atoms with Gasteiger partial charge in [0.15, 0.2) is 5.75 Å². The first-order valence-electron chi connectivity index (χ1n) is 2.67. The number of phenols is 1. The molecule has 68 valence electrons. The molecule has 1 aromatic carbocycles. The fourth-order valence-corrected chi connectivity index (χ4v) is 1.72. The molecule has 1 nitrogen and oxygen atoms in total. The summed E-state index contributed by atoms with van der Waals surface area (Å²) in [7, 11) is 0. The molecular formula is C6H2Cl5NaO. The molecule has 0 aliphatic carbocycles. The number of hydrogen-bond acceptors (Lipinski definition) is 1. The van der Waals surface area contributed by atoms with Gasteiger partial charge in [0, 0.05) is 0 Å². The van der Waals surface area contributed by atoms with E-state index < -0.39 is 0 Å². The maximum absolute atomic E-state index is 9.20. The third-order valence-electron chi connectivity index (χ3n) is 1.19. The molecule has 1 aromatic rings. The summed E-state index contributed by atoms with van der Waals surface area (Å²) in [5.41, 5.74) is 0. The van der Waals surface area contributed by atoms with Crippen LogP contribution in [0.25, 0.3) is 0 Å². The van der Waals surface area contributed by atoms with Crippen LogP contribution >= 0.6 is 58.0 Å². The number of benzene rings is 1. The van der Waals surface area contributed by atoms with Gasteiger partial charge in [0.2, 0.25) is 0 Å². The van der Waals surface area contributed by atoms with Gasteiger partial charge in [-0.3, -0.25) is 0 Å². The average molecular weight is 290 g/mol. The summed E-state index contributed by atoms with van der Waals surface area (Å²) in [4.78, 5) is 0. The van der Waals surface area contributed by atoms with E-state index in [0.29, 0.717) is 0 Å². The summed E-state index contributed by atoms with van der Waals surface area (Å²) in [6.07, 6.45) is 0. The van der Waals surface area contributed by atoms with Crippen molar-refractivity contribution >= 4 is 87.6 Å². The monoisotopic (exact) mass is 288 g/mol. The SMILES string of the molecule is Oc1c(Cl)c(Cl)c(Cl)c(Cl)c1Cl.[NaH]. The van der Waals surface area contributed by atoms with Gasteiger partial charge in [0.05, 0.1) is 15.1 Å². The van der Waals surface area contributed by atoms with E-state index in [1.165, 1.54) is 0 Å². The first kappa shape index (κ1) is 14.5. The molecule has 0 atom stereocenters. The minimum absolute atomic E-state index is 0. The van der Waals surface area contributed by atoms with E-state index in [0.717, 1.165) is 0 Å². The van der Waals surface area contributed by atoms with Crippen molar-refractivity contribution in [1.82, 2.24) is 0 Å². The zero-order chi connectivity index (χ0) is 9.46. The minimum atomic E-state index is -0.363. The predicted molar refractivity (Wildman–Crippen MR) is 60.3 cm³/mol. The number of rotatable bonds is 0. The van der Waals surface area contributed by atoms with Crippen molar-refractivity contribution in [3.05, 3.63) is 25.1 Å². The molecule has 0 amide bonds. The number of halogens is 5. The first-order valence-corrected chi connectivity index (χ1v) is 4.56. The van der Waals surface area contributed by atoms with Gasteiger partial charge in [-0.15, -0.1) is 0 Å². The van der Waals surface area contributed by atoms with Crippen LogP contribution in [0.15, 0.2) is 0 Å². The zero-order valence-corrected chi connectivity index (χ0v) is 9.12. The van der Waals surface area contributed by atoms with Crippen LogP contribution in [0.1, 0.15) is 0 Å².